The van der Waals surface area contributed by atoms with Gasteiger partial charge in [-0.25, -0.2) is 0 Å². The van der Waals surface area contributed by atoms with E-state index in [0.29, 0.717) is 13.0 Å². The van der Waals surface area contributed by atoms with Crippen molar-refractivity contribution < 1.29 is 18.9 Å². The molecule has 4 rings (SSSR count). The minimum absolute atomic E-state index is 0.481. The average molecular weight is 418 g/mol. The molecular formula is C26H27NO4. The summed E-state index contributed by atoms with van der Waals surface area (Å²) < 4.78 is 22.7. The summed E-state index contributed by atoms with van der Waals surface area (Å²) in [5.41, 5.74) is 5.53. The van der Waals surface area contributed by atoms with Gasteiger partial charge in [0.25, 0.3) is 0 Å². The van der Waals surface area contributed by atoms with Crippen LogP contribution in [0, 0.1) is 0 Å². The number of benzene rings is 3. The Morgan fingerprint density at radius 1 is 0.806 bits per heavy atom. The first-order chi connectivity index (χ1) is 15.2. The van der Waals surface area contributed by atoms with Gasteiger partial charge in [0.1, 0.15) is 18.1 Å². The molecule has 31 heavy (non-hydrogen) atoms. The summed E-state index contributed by atoms with van der Waals surface area (Å²) in [5.74, 6) is 3.04. The van der Waals surface area contributed by atoms with Crippen LogP contribution in [0.5, 0.6) is 23.0 Å². The minimum Gasteiger partial charge on any atom is -0.497 e. The number of aliphatic imine (C=N–C) groups is 1. The summed E-state index contributed by atoms with van der Waals surface area (Å²) in [5, 5.41) is 0. The summed E-state index contributed by atoms with van der Waals surface area (Å²) in [4.78, 5) is 4.83. The van der Waals surface area contributed by atoms with Gasteiger partial charge in [-0.15, -0.1) is 0 Å². The van der Waals surface area contributed by atoms with Crippen molar-refractivity contribution in [2.75, 3.05) is 27.9 Å². The molecule has 1 heterocycles. The fourth-order valence-electron chi connectivity index (χ4n) is 3.81. The average Bonchev–Trinajstić information content (AvgIpc) is 2.83. The molecule has 3 aromatic carbocycles. The number of rotatable bonds is 8. The van der Waals surface area contributed by atoms with Crippen molar-refractivity contribution in [2.24, 2.45) is 4.99 Å². The van der Waals surface area contributed by atoms with Gasteiger partial charge in [-0.3, -0.25) is 4.99 Å². The summed E-state index contributed by atoms with van der Waals surface area (Å²) in [6.45, 7) is 1.24. The molecule has 0 N–H and O–H groups in total. The molecule has 0 radical (unpaired) electrons. The van der Waals surface area contributed by atoms with Crippen molar-refractivity contribution >= 4 is 5.71 Å². The van der Waals surface area contributed by atoms with Gasteiger partial charge >= 0.3 is 0 Å². The van der Waals surface area contributed by atoms with Crippen LogP contribution in [-0.2, 0) is 19.4 Å². The van der Waals surface area contributed by atoms with Gasteiger partial charge in [0, 0.05) is 35.9 Å². The zero-order valence-corrected chi connectivity index (χ0v) is 18.2. The number of ether oxygens (including phenoxy) is 4. The highest BCUT2D eigenvalue weighted by atomic mass is 16.5. The lowest BCUT2D eigenvalue weighted by Gasteiger charge is -2.21. The SMILES string of the molecule is COc1ccc(CC2=NCCc3cc(OC)c(OCc4ccccc4)cc32)c(OC)c1. The Bertz CT molecular complexity index is 1080. The van der Waals surface area contributed by atoms with E-state index in [-0.39, 0.29) is 0 Å². The van der Waals surface area contributed by atoms with Crippen molar-refractivity contribution in [1.82, 2.24) is 0 Å². The molecule has 0 fully saturated rings. The molecule has 160 valence electrons. The predicted octanol–water partition coefficient (Wildman–Crippen LogP) is 4.88. The van der Waals surface area contributed by atoms with E-state index < -0.39 is 0 Å². The molecular weight excluding hydrogens is 390 g/mol. The van der Waals surface area contributed by atoms with E-state index in [4.69, 9.17) is 23.9 Å². The van der Waals surface area contributed by atoms with Gasteiger partial charge in [-0.2, -0.15) is 0 Å². The largest absolute Gasteiger partial charge is 0.497 e. The zero-order valence-electron chi connectivity index (χ0n) is 18.2. The first kappa shape index (κ1) is 20.8. The first-order valence-corrected chi connectivity index (χ1v) is 10.3. The van der Waals surface area contributed by atoms with E-state index in [1.807, 2.05) is 48.5 Å². The normalized spacial score (nSPS) is 12.5. The third-order valence-electron chi connectivity index (χ3n) is 5.47. The van der Waals surface area contributed by atoms with Crippen LogP contribution >= 0.6 is 0 Å². The van der Waals surface area contributed by atoms with Crippen molar-refractivity contribution in [1.29, 1.82) is 0 Å². The minimum atomic E-state index is 0.481. The van der Waals surface area contributed by atoms with Crippen molar-refractivity contribution in [3.8, 4) is 23.0 Å². The molecule has 0 aliphatic carbocycles. The van der Waals surface area contributed by atoms with Crippen LogP contribution in [0.25, 0.3) is 0 Å². The Labute approximate surface area is 183 Å². The molecule has 0 bridgehead atoms. The van der Waals surface area contributed by atoms with Crippen molar-refractivity contribution in [3.05, 3.63) is 82.9 Å². The fraction of sp³-hybridized carbons (Fsp3) is 0.269. The monoisotopic (exact) mass is 417 g/mol. The first-order valence-electron chi connectivity index (χ1n) is 10.3. The van der Waals surface area contributed by atoms with Crippen LogP contribution in [-0.4, -0.2) is 33.6 Å². The van der Waals surface area contributed by atoms with Gasteiger partial charge in [-0.1, -0.05) is 36.4 Å². The number of methoxy groups -OCH3 is 3. The van der Waals surface area contributed by atoms with E-state index in [1.165, 1.54) is 5.56 Å². The second kappa shape index (κ2) is 9.56. The van der Waals surface area contributed by atoms with Crippen molar-refractivity contribution in [3.63, 3.8) is 0 Å². The Morgan fingerprint density at radius 3 is 2.35 bits per heavy atom. The molecule has 1 aliphatic rings. The zero-order chi connectivity index (χ0) is 21.6. The Morgan fingerprint density at radius 2 is 1.61 bits per heavy atom. The van der Waals surface area contributed by atoms with E-state index >= 15 is 0 Å². The van der Waals surface area contributed by atoms with Gasteiger partial charge < -0.3 is 18.9 Å². The Hall–Kier alpha value is -3.47. The summed E-state index contributed by atoms with van der Waals surface area (Å²) in [6, 6.07) is 20.1. The lowest BCUT2D eigenvalue weighted by molar-refractivity contribution is 0.284. The molecule has 5 heteroatoms. The number of fused-ring (bicyclic) bond motifs is 1. The van der Waals surface area contributed by atoms with Crippen molar-refractivity contribution in [2.45, 2.75) is 19.4 Å². The maximum absolute atomic E-state index is 6.13. The molecule has 5 nitrogen and oxygen atoms in total. The maximum atomic E-state index is 6.13. The van der Waals surface area contributed by atoms with Crippen LogP contribution in [0.3, 0.4) is 0 Å². The van der Waals surface area contributed by atoms with Gasteiger partial charge in [0.2, 0.25) is 0 Å². The van der Waals surface area contributed by atoms with Crippen LogP contribution < -0.4 is 18.9 Å². The lowest BCUT2D eigenvalue weighted by atomic mass is 9.92. The highest BCUT2D eigenvalue weighted by molar-refractivity contribution is 6.04. The summed E-state index contributed by atoms with van der Waals surface area (Å²) in [7, 11) is 5.01. The fourth-order valence-corrected chi connectivity index (χ4v) is 3.81. The predicted molar refractivity (Wildman–Crippen MR) is 122 cm³/mol. The molecule has 0 spiro atoms. The molecule has 3 aromatic rings. The van der Waals surface area contributed by atoms with Crippen LogP contribution in [0.2, 0.25) is 0 Å². The van der Waals surface area contributed by atoms with E-state index in [1.54, 1.807) is 21.3 Å². The third-order valence-corrected chi connectivity index (χ3v) is 5.47. The molecule has 0 unspecified atom stereocenters. The molecule has 0 aromatic heterocycles. The lowest BCUT2D eigenvalue weighted by Crippen LogP contribution is -2.16. The highest BCUT2D eigenvalue weighted by Gasteiger charge is 2.20. The summed E-state index contributed by atoms with van der Waals surface area (Å²) >= 11 is 0. The molecule has 0 saturated heterocycles. The van der Waals surface area contributed by atoms with E-state index in [2.05, 4.69) is 12.1 Å². The third kappa shape index (κ3) is 4.66. The van der Waals surface area contributed by atoms with Crippen LogP contribution in [0.1, 0.15) is 22.3 Å². The second-order valence-electron chi connectivity index (χ2n) is 7.37. The van der Waals surface area contributed by atoms with Gasteiger partial charge in [0.05, 0.1) is 21.3 Å². The molecule has 1 aliphatic heterocycles. The Balaban J connectivity index is 1.63. The number of nitrogens with zero attached hydrogens (tertiary/aromatic N) is 1. The molecule has 0 saturated carbocycles. The van der Waals surface area contributed by atoms with Gasteiger partial charge in [-0.05, 0) is 35.7 Å². The second-order valence-corrected chi connectivity index (χ2v) is 7.37. The standard InChI is InChI=1S/C26H27NO4/c1-28-21-10-9-20(24(15-21)29-2)13-23-22-16-26(31-17-18-7-5-4-6-8-18)25(30-3)14-19(22)11-12-27-23/h4-10,14-16H,11-13,17H2,1-3H3. The molecule has 0 amide bonds. The van der Waals surface area contributed by atoms with Gasteiger partial charge in [0.15, 0.2) is 11.5 Å². The highest BCUT2D eigenvalue weighted by Crippen LogP contribution is 2.35. The van der Waals surface area contributed by atoms with E-state index in [0.717, 1.165) is 58.4 Å². The Kier molecular flexibility index (Phi) is 6.41. The summed E-state index contributed by atoms with van der Waals surface area (Å²) in [6.07, 6.45) is 1.55. The molecule has 0 atom stereocenters. The number of hydrogen-bond acceptors (Lipinski definition) is 5. The smallest absolute Gasteiger partial charge is 0.162 e. The van der Waals surface area contributed by atoms with Crippen LogP contribution in [0.4, 0.5) is 0 Å². The number of hydrogen-bond donors (Lipinski definition) is 0. The van der Waals surface area contributed by atoms with E-state index in [9.17, 15) is 0 Å². The van der Waals surface area contributed by atoms with Crippen LogP contribution in [0.15, 0.2) is 65.7 Å². The maximum Gasteiger partial charge on any atom is 0.162 e. The quantitative estimate of drug-likeness (QED) is 0.524. The topological polar surface area (TPSA) is 49.3 Å².